The van der Waals surface area contributed by atoms with Gasteiger partial charge in [-0.2, -0.15) is 0 Å². The van der Waals surface area contributed by atoms with Crippen LogP contribution in [0.3, 0.4) is 0 Å². The third-order valence-electron chi connectivity index (χ3n) is 2.84. The van der Waals surface area contributed by atoms with Gasteiger partial charge in [0.15, 0.2) is 0 Å². The predicted molar refractivity (Wildman–Crippen MR) is 71.2 cm³/mol. The Kier molecular flexibility index (Phi) is 4.23. The Bertz CT molecular complexity index is 427. The van der Waals surface area contributed by atoms with Crippen LogP contribution in [0.4, 0.5) is 0 Å². The molecule has 0 saturated carbocycles. The van der Waals surface area contributed by atoms with Crippen LogP contribution in [0.1, 0.15) is 36.4 Å². The lowest BCUT2D eigenvalue weighted by Crippen LogP contribution is -2.25. The van der Waals surface area contributed by atoms with Crippen molar-refractivity contribution in [3.05, 3.63) is 46.7 Å². The van der Waals surface area contributed by atoms with Crippen molar-refractivity contribution in [2.24, 2.45) is 0 Å². The molecule has 3 nitrogen and oxygen atoms in total. The van der Waals surface area contributed by atoms with Gasteiger partial charge in [-0.05, 0) is 18.7 Å². The van der Waals surface area contributed by atoms with Gasteiger partial charge in [0, 0.05) is 28.9 Å². The number of hydrogen-bond donors (Lipinski definition) is 1. The van der Waals surface area contributed by atoms with E-state index in [1.54, 1.807) is 11.3 Å². The van der Waals surface area contributed by atoms with E-state index >= 15 is 0 Å². The zero-order valence-corrected chi connectivity index (χ0v) is 10.9. The molecule has 2 atom stereocenters. The summed E-state index contributed by atoms with van der Waals surface area (Å²) in [6.07, 6.45) is 3.79. The van der Waals surface area contributed by atoms with Crippen molar-refractivity contribution in [2.45, 2.75) is 25.8 Å². The first-order valence-electron chi connectivity index (χ1n) is 5.85. The summed E-state index contributed by atoms with van der Waals surface area (Å²) in [6.45, 7) is 5.27. The molecule has 0 spiro atoms. The Balaban J connectivity index is 2.22. The molecule has 0 saturated heterocycles. The molecule has 2 aromatic heterocycles. The second-order valence-corrected chi connectivity index (χ2v) is 4.90. The van der Waals surface area contributed by atoms with Gasteiger partial charge in [0.25, 0.3) is 0 Å². The van der Waals surface area contributed by atoms with E-state index < -0.39 is 0 Å². The molecule has 4 heteroatoms. The fourth-order valence-corrected chi connectivity index (χ4v) is 2.74. The average molecular weight is 247 g/mol. The van der Waals surface area contributed by atoms with E-state index in [0.29, 0.717) is 12.0 Å². The molecule has 0 aliphatic rings. The summed E-state index contributed by atoms with van der Waals surface area (Å²) in [6, 6.07) is 6.36. The molecule has 2 unspecified atom stereocenters. The highest BCUT2D eigenvalue weighted by Gasteiger charge is 2.21. The fraction of sp³-hybridized carbons (Fsp3) is 0.385. The molecule has 90 valence electrons. The summed E-state index contributed by atoms with van der Waals surface area (Å²) >= 11 is 1.69. The van der Waals surface area contributed by atoms with Crippen molar-refractivity contribution in [3.8, 4) is 0 Å². The van der Waals surface area contributed by atoms with Crippen LogP contribution >= 0.6 is 11.3 Å². The molecular formula is C13H17N3S. The Labute approximate surface area is 106 Å². The molecule has 0 aromatic carbocycles. The molecule has 0 radical (unpaired) electrons. The molecule has 0 fully saturated rings. The Morgan fingerprint density at radius 1 is 1.41 bits per heavy atom. The van der Waals surface area contributed by atoms with Gasteiger partial charge in [0.2, 0.25) is 0 Å². The van der Waals surface area contributed by atoms with Crippen LogP contribution in [-0.4, -0.2) is 16.5 Å². The van der Waals surface area contributed by atoms with E-state index in [1.807, 2.05) is 30.0 Å². The first kappa shape index (κ1) is 12.2. The van der Waals surface area contributed by atoms with Crippen LogP contribution in [0, 0.1) is 0 Å². The first-order chi connectivity index (χ1) is 8.33. The molecule has 2 aromatic rings. The molecule has 0 amide bonds. The summed E-state index contributed by atoms with van der Waals surface area (Å²) in [7, 11) is 0. The number of pyridine rings is 1. The second-order valence-electron chi connectivity index (χ2n) is 3.98. The molecule has 2 rings (SSSR count). The van der Waals surface area contributed by atoms with Crippen LogP contribution in [-0.2, 0) is 0 Å². The summed E-state index contributed by atoms with van der Waals surface area (Å²) < 4.78 is 0. The highest BCUT2D eigenvalue weighted by Crippen LogP contribution is 2.31. The van der Waals surface area contributed by atoms with Crippen molar-refractivity contribution in [3.63, 3.8) is 0 Å². The lowest BCUT2D eigenvalue weighted by Gasteiger charge is -2.23. The van der Waals surface area contributed by atoms with Crippen molar-refractivity contribution in [2.75, 3.05) is 6.54 Å². The van der Waals surface area contributed by atoms with E-state index in [2.05, 4.69) is 35.2 Å². The lowest BCUT2D eigenvalue weighted by atomic mass is 9.96. The van der Waals surface area contributed by atoms with Gasteiger partial charge in [-0.1, -0.05) is 19.9 Å². The van der Waals surface area contributed by atoms with E-state index in [9.17, 15) is 0 Å². The van der Waals surface area contributed by atoms with Gasteiger partial charge in [-0.3, -0.25) is 9.97 Å². The topological polar surface area (TPSA) is 37.8 Å². The summed E-state index contributed by atoms with van der Waals surface area (Å²) in [5.41, 5.74) is 3.00. The standard InChI is InChI=1S/C13H17N3S/c1-3-15-13(12-8-14-9-17-12)10(2)11-6-4-5-7-16-11/h4-10,13,15H,3H2,1-2H3. The molecular weight excluding hydrogens is 230 g/mol. The molecule has 0 aliphatic carbocycles. The minimum atomic E-state index is 0.294. The van der Waals surface area contributed by atoms with E-state index in [-0.39, 0.29) is 0 Å². The smallest absolute Gasteiger partial charge is 0.0794 e. The monoisotopic (exact) mass is 247 g/mol. The maximum Gasteiger partial charge on any atom is 0.0794 e. The first-order valence-corrected chi connectivity index (χ1v) is 6.73. The molecule has 1 N–H and O–H groups in total. The molecule has 0 bridgehead atoms. The van der Waals surface area contributed by atoms with Gasteiger partial charge < -0.3 is 5.32 Å². The lowest BCUT2D eigenvalue weighted by molar-refractivity contribution is 0.478. The summed E-state index contributed by atoms with van der Waals surface area (Å²) in [4.78, 5) is 9.86. The number of hydrogen-bond acceptors (Lipinski definition) is 4. The number of nitrogens with one attached hydrogen (secondary N) is 1. The number of nitrogens with zero attached hydrogens (tertiary/aromatic N) is 2. The van der Waals surface area contributed by atoms with Crippen LogP contribution < -0.4 is 5.32 Å². The van der Waals surface area contributed by atoms with Crippen LogP contribution in [0.5, 0.6) is 0 Å². The third kappa shape index (κ3) is 2.90. The maximum absolute atomic E-state index is 4.44. The summed E-state index contributed by atoms with van der Waals surface area (Å²) in [5.74, 6) is 0.344. The van der Waals surface area contributed by atoms with Gasteiger partial charge in [-0.25, -0.2) is 0 Å². The maximum atomic E-state index is 4.44. The minimum absolute atomic E-state index is 0.294. The third-order valence-corrected chi connectivity index (χ3v) is 3.69. The SMILES string of the molecule is CCNC(c1cncs1)C(C)c1ccccn1. The van der Waals surface area contributed by atoms with E-state index in [1.165, 1.54) is 4.88 Å². The number of likely N-dealkylation sites (N-methyl/N-ethyl adjacent to an activating group) is 1. The van der Waals surface area contributed by atoms with E-state index in [0.717, 1.165) is 12.2 Å². The zero-order valence-electron chi connectivity index (χ0n) is 10.1. The van der Waals surface area contributed by atoms with Gasteiger partial charge in [0.05, 0.1) is 11.6 Å². The number of thiazole rings is 1. The molecule has 17 heavy (non-hydrogen) atoms. The largest absolute Gasteiger partial charge is 0.309 e. The summed E-state index contributed by atoms with van der Waals surface area (Å²) in [5, 5.41) is 3.51. The van der Waals surface area contributed by atoms with E-state index in [4.69, 9.17) is 0 Å². The van der Waals surface area contributed by atoms with Crippen molar-refractivity contribution in [1.29, 1.82) is 0 Å². The number of aromatic nitrogens is 2. The minimum Gasteiger partial charge on any atom is -0.309 e. The molecule has 2 heterocycles. The normalized spacial score (nSPS) is 14.5. The van der Waals surface area contributed by atoms with Crippen molar-refractivity contribution in [1.82, 2.24) is 15.3 Å². The Hall–Kier alpha value is -1.26. The predicted octanol–water partition coefficient (Wildman–Crippen LogP) is 2.99. The quantitative estimate of drug-likeness (QED) is 0.882. The van der Waals surface area contributed by atoms with Gasteiger partial charge in [-0.15, -0.1) is 11.3 Å². The van der Waals surface area contributed by atoms with Gasteiger partial charge in [0.1, 0.15) is 0 Å². The van der Waals surface area contributed by atoms with Crippen molar-refractivity contribution >= 4 is 11.3 Å². The van der Waals surface area contributed by atoms with Crippen molar-refractivity contribution < 1.29 is 0 Å². The highest BCUT2D eigenvalue weighted by molar-refractivity contribution is 7.09. The van der Waals surface area contributed by atoms with Crippen LogP contribution in [0.25, 0.3) is 0 Å². The Morgan fingerprint density at radius 2 is 2.29 bits per heavy atom. The zero-order chi connectivity index (χ0) is 12.1. The number of rotatable bonds is 5. The van der Waals surface area contributed by atoms with Crippen LogP contribution in [0.2, 0.25) is 0 Å². The van der Waals surface area contributed by atoms with Crippen LogP contribution in [0.15, 0.2) is 36.1 Å². The second kappa shape index (κ2) is 5.89. The molecule has 0 aliphatic heterocycles. The fourth-order valence-electron chi connectivity index (χ4n) is 1.94. The Morgan fingerprint density at radius 3 is 2.88 bits per heavy atom. The van der Waals surface area contributed by atoms with Gasteiger partial charge >= 0.3 is 0 Å². The highest BCUT2D eigenvalue weighted by atomic mass is 32.1. The average Bonchev–Trinajstić information content (AvgIpc) is 2.90.